The van der Waals surface area contributed by atoms with Crippen LogP contribution >= 0.6 is 0 Å². The van der Waals surface area contributed by atoms with Crippen molar-refractivity contribution in [2.75, 3.05) is 30.9 Å². The molecule has 1 heterocycles. The van der Waals surface area contributed by atoms with Crippen LogP contribution in [0.25, 0.3) is 6.08 Å². The van der Waals surface area contributed by atoms with E-state index in [0.29, 0.717) is 5.56 Å². The van der Waals surface area contributed by atoms with Crippen molar-refractivity contribution in [2.45, 2.75) is 20.4 Å². The van der Waals surface area contributed by atoms with E-state index < -0.39 is 17.2 Å². The smallest absolute Gasteiger partial charge is 0.330 e. The van der Waals surface area contributed by atoms with Crippen LogP contribution in [0.5, 0.6) is 0 Å². The third-order valence-corrected chi connectivity index (χ3v) is 4.11. The van der Waals surface area contributed by atoms with Crippen molar-refractivity contribution < 1.29 is 13.9 Å². The average Bonchev–Trinajstić information content (AvgIpc) is 2.66. The van der Waals surface area contributed by atoms with E-state index in [1.165, 1.54) is 48.1 Å². The highest BCUT2D eigenvalue weighted by Crippen LogP contribution is 2.18. The normalized spacial score (nSPS) is 11.3. The SMILES string of the molecule is COCCN(C(=O)/C=C/c1ccc(F)cc1)c1c(N)n(CC(C)C)c(=O)[nH]c1=O. The minimum atomic E-state index is -0.757. The van der Waals surface area contributed by atoms with Crippen molar-refractivity contribution in [3.63, 3.8) is 0 Å². The van der Waals surface area contributed by atoms with Gasteiger partial charge < -0.3 is 10.5 Å². The number of aromatic amines is 1. The quantitative estimate of drug-likeness (QED) is 0.650. The van der Waals surface area contributed by atoms with Crippen molar-refractivity contribution >= 4 is 23.5 Å². The number of nitrogens with one attached hydrogen (secondary N) is 1. The van der Waals surface area contributed by atoms with E-state index in [1.807, 2.05) is 13.8 Å². The molecular formula is C20H25FN4O4. The number of nitrogens with two attached hydrogens (primary N) is 1. The molecule has 0 radical (unpaired) electrons. The first-order chi connectivity index (χ1) is 13.7. The third kappa shape index (κ3) is 5.64. The largest absolute Gasteiger partial charge is 0.383 e. The number of nitrogen functional groups attached to an aromatic ring is 1. The van der Waals surface area contributed by atoms with Gasteiger partial charge in [0.15, 0.2) is 5.69 Å². The van der Waals surface area contributed by atoms with Crippen LogP contribution in [0.2, 0.25) is 0 Å². The Balaban J connectivity index is 2.46. The summed E-state index contributed by atoms with van der Waals surface area (Å²) in [7, 11) is 1.46. The van der Waals surface area contributed by atoms with Gasteiger partial charge in [-0.3, -0.25) is 24.0 Å². The lowest BCUT2D eigenvalue weighted by Crippen LogP contribution is -2.42. The number of nitrogens with zero attached hydrogens (tertiary/aromatic N) is 2. The maximum absolute atomic E-state index is 13.0. The third-order valence-electron chi connectivity index (χ3n) is 4.11. The molecule has 0 fully saturated rings. The van der Waals surface area contributed by atoms with Gasteiger partial charge in [0.25, 0.3) is 11.5 Å². The number of halogens is 1. The Morgan fingerprint density at radius 2 is 1.97 bits per heavy atom. The van der Waals surface area contributed by atoms with E-state index in [2.05, 4.69) is 4.98 Å². The first kappa shape index (κ1) is 22.1. The van der Waals surface area contributed by atoms with Crippen LogP contribution in [0.4, 0.5) is 15.9 Å². The van der Waals surface area contributed by atoms with Gasteiger partial charge in [0, 0.05) is 26.3 Å². The first-order valence-corrected chi connectivity index (χ1v) is 9.11. The lowest BCUT2D eigenvalue weighted by molar-refractivity contribution is -0.114. The van der Waals surface area contributed by atoms with Gasteiger partial charge in [0.05, 0.1) is 6.61 Å². The molecule has 0 aliphatic carbocycles. The van der Waals surface area contributed by atoms with Crippen LogP contribution in [-0.4, -0.2) is 35.7 Å². The molecule has 0 bridgehead atoms. The molecule has 0 saturated carbocycles. The zero-order valence-corrected chi connectivity index (χ0v) is 16.6. The van der Waals surface area contributed by atoms with Crippen molar-refractivity contribution in [1.29, 1.82) is 0 Å². The molecule has 29 heavy (non-hydrogen) atoms. The van der Waals surface area contributed by atoms with Gasteiger partial charge >= 0.3 is 5.69 Å². The predicted octanol–water partition coefficient (Wildman–Crippen LogP) is 1.61. The number of rotatable bonds is 8. The second-order valence-electron chi connectivity index (χ2n) is 6.87. The number of amides is 1. The molecule has 9 heteroatoms. The minimum absolute atomic E-state index is 0.0518. The van der Waals surface area contributed by atoms with Crippen molar-refractivity contribution in [3.8, 4) is 0 Å². The number of ether oxygens (including phenoxy) is 1. The monoisotopic (exact) mass is 404 g/mol. The summed E-state index contributed by atoms with van der Waals surface area (Å²) in [5.74, 6) is -0.914. The minimum Gasteiger partial charge on any atom is -0.383 e. The molecular weight excluding hydrogens is 379 g/mol. The maximum Gasteiger partial charge on any atom is 0.330 e. The summed E-state index contributed by atoms with van der Waals surface area (Å²) in [5.41, 5.74) is 5.21. The molecule has 0 atom stereocenters. The predicted molar refractivity (Wildman–Crippen MR) is 110 cm³/mol. The van der Waals surface area contributed by atoms with Gasteiger partial charge in [-0.25, -0.2) is 9.18 Å². The van der Waals surface area contributed by atoms with Gasteiger partial charge in [-0.15, -0.1) is 0 Å². The topological polar surface area (TPSA) is 110 Å². The molecule has 8 nitrogen and oxygen atoms in total. The molecule has 156 valence electrons. The number of anilines is 2. The number of H-pyrrole nitrogens is 1. The molecule has 3 N–H and O–H groups in total. The van der Waals surface area contributed by atoms with E-state index in [0.717, 1.165) is 4.90 Å². The molecule has 2 rings (SSSR count). The van der Waals surface area contributed by atoms with Crippen LogP contribution in [-0.2, 0) is 16.1 Å². The van der Waals surface area contributed by atoms with Gasteiger partial charge in [0.1, 0.15) is 11.6 Å². The molecule has 0 saturated heterocycles. The van der Waals surface area contributed by atoms with Gasteiger partial charge in [-0.05, 0) is 29.7 Å². The van der Waals surface area contributed by atoms with Crippen molar-refractivity contribution in [2.24, 2.45) is 5.92 Å². The number of aromatic nitrogens is 2. The van der Waals surface area contributed by atoms with E-state index in [4.69, 9.17) is 10.5 Å². The summed E-state index contributed by atoms with van der Waals surface area (Å²) in [6, 6.07) is 5.58. The second-order valence-corrected chi connectivity index (χ2v) is 6.87. The molecule has 0 aliphatic heterocycles. The lowest BCUT2D eigenvalue weighted by atomic mass is 10.2. The summed E-state index contributed by atoms with van der Waals surface area (Å²) < 4.78 is 19.3. The Bertz CT molecular complexity index is 993. The Labute approximate surface area is 167 Å². The maximum atomic E-state index is 13.0. The number of benzene rings is 1. The lowest BCUT2D eigenvalue weighted by Gasteiger charge is -2.23. The summed E-state index contributed by atoms with van der Waals surface area (Å²) in [5, 5.41) is 0. The number of methoxy groups -OCH3 is 1. The summed E-state index contributed by atoms with van der Waals surface area (Å²) in [4.78, 5) is 40.8. The first-order valence-electron chi connectivity index (χ1n) is 9.11. The van der Waals surface area contributed by atoms with Gasteiger partial charge in [-0.1, -0.05) is 26.0 Å². The van der Waals surface area contributed by atoms with Crippen LogP contribution in [0, 0.1) is 11.7 Å². The van der Waals surface area contributed by atoms with Gasteiger partial charge in [-0.2, -0.15) is 0 Å². The summed E-state index contributed by atoms with van der Waals surface area (Å²) in [6.07, 6.45) is 2.75. The fraction of sp³-hybridized carbons (Fsp3) is 0.350. The standard InChI is InChI=1S/C20H25FN4O4/c1-13(2)12-25-18(22)17(19(27)23-20(25)28)24(10-11-29-3)16(26)9-6-14-4-7-15(21)8-5-14/h4-9,13H,10-12,22H2,1-3H3,(H,23,27,28)/b9-6+. The van der Waals surface area contributed by atoms with Gasteiger partial charge in [0.2, 0.25) is 0 Å². The summed E-state index contributed by atoms with van der Waals surface area (Å²) in [6.45, 7) is 4.28. The Morgan fingerprint density at radius 1 is 1.31 bits per heavy atom. The highest BCUT2D eigenvalue weighted by Gasteiger charge is 2.23. The van der Waals surface area contributed by atoms with E-state index >= 15 is 0 Å². The second kappa shape index (κ2) is 9.83. The summed E-state index contributed by atoms with van der Waals surface area (Å²) >= 11 is 0. The zero-order valence-electron chi connectivity index (χ0n) is 16.6. The molecule has 2 aromatic rings. The molecule has 0 spiro atoms. The Morgan fingerprint density at radius 3 is 2.55 bits per heavy atom. The van der Waals surface area contributed by atoms with E-state index in [1.54, 1.807) is 0 Å². The van der Waals surface area contributed by atoms with Crippen molar-refractivity contribution in [3.05, 3.63) is 62.6 Å². The van der Waals surface area contributed by atoms with E-state index in [-0.39, 0.29) is 42.9 Å². The van der Waals surface area contributed by atoms with Crippen LogP contribution < -0.4 is 21.9 Å². The Hall–Kier alpha value is -3.20. The fourth-order valence-corrected chi connectivity index (χ4v) is 2.73. The highest BCUT2D eigenvalue weighted by molar-refractivity contribution is 6.05. The molecule has 1 aromatic heterocycles. The average molecular weight is 404 g/mol. The molecule has 0 unspecified atom stereocenters. The number of hydrogen-bond donors (Lipinski definition) is 2. The highest BCUT2D eigenvalue weighted by atomic mass is 19.1. The van der Waals surface area contributed by atoms with Crippen LogP contribution in [0.3, 0.4) is 0 Å². The zero-order chi connectivity index (χ0) is 21.6. The molecule has 1 amide bonds. The Kier molecular flexibility index (Phi) is 7.49. The van der Waals surface area contributed by atoms with E-state index in [9.17, 15) is 18.8 Å². The molecule has 0 aliphatic rings. The van der Waals surface area contributed by atoms with Crippen LogP contribution in [0.1, 0.15) is 19.4 Å². The van der Waals surface area contributed by atoms with Crippen molar-refractivity contribution in [1.82, 2.24) is 9.55 Å². The number of hydrogen-bond acceptors (Lipinski definition) is 5. The molecule has 1 aromatic carbocycles. The van der Waals surface area contributed by atoms with Crippen LogP contribution in [0.15, 0.2) is 39.9 Å². The number of carbonyl (C=O) groups excluding carboxylic acids is 1. The number of carbonyl (C=O) groups is 1. The fourth-order valence-electron chi connectivity index (χ4n) is 2.73.